The third-order valence-corrected chi connectivity index (χ3v) is 30.9. The number of methoxy groups -OCH3 is 2. The van der Waals surface area contributed by atoms with Gasteiger partial charge in [-0.05, 0) is 91.3 Å². The number of sulfone groups is 2. The van der Waals surface area contributed by atoms with Crippen LogP contribution in [0.4, 0.5) is 11.6 Å². The van der Waals surface area contributed by atoms with Crippen molar-refractivity contribution in [1.29, 1.82) is 0 Å². The van der Waals surface area contributed by atoms with Gasteiger partial charge in [0, 0.05) is 80.1 Å². The number of nitrogens with one attached hydrogen (secondary N) is 1. The molecule has 4 saturated heterocycles. The molecule has 0 aliphatic carbocycles. The Bertz CT molecular complexity index is 3590. The first-order valence-electron chi connectivity index (χ1n) is 29.5. The Morgan fingerprint density at radius 3 is 1.49 bits per heavy atom. The lowest BCUT2D eigenvalue weighted by Gasteiger charge is -2.44. The summed E-state index contributed by atoms with van der Waals surface area (Å²) in [6, 6.07) is 11.9. The van der Waals surface area contributed by atoms with E-state index in [0.29, 0.717) is 173 Å². The fraction of sp³-hybridized carbons (Fsp3) is 0.607. The Morgan fingerprint density at radius 2 is 1.07 bits per heavy atom. The molecule has 6 aromatic rings. The number of fused-ring (bicyclic) bond motifs is 8. The third kappa shape index (κ3) is 11.8. The Labute approximate surface area is 536 Å². The summed E-state index contributed by atoms with van der Waals surface area (Å²) in [5.74, 6) is 4.66. The number of hydrogen-bond donors (Lipinski definition) is 1. The number of ether oxygens (including phenoxy) is 8. The van der Waals surface area contributed by atoms with Gasteiger partial charge in [0.25, 0.3) is 0 Å². The van der Waals surface area contributed by atoms with Gasteiger partial charge < -0.3 is 56.9 Å². The van der Waals surface area contributed by atoms with Gasteiger partial charge in [0.05, 0.1) is 65.7 Å². The molecule has 0 amide bonds. The van der Waals surface area contributed by atoms with Crippen molar-refractivity contribution in [1.82, 2.24) is 29.2 Å². The number of halogens is 2. The van der Waals surface area contributed by atoms with Gasteiger partial charge >= 0.3 is 0 Å². The monoisotopic (exact) mass is 1470 g/mol. The average Bonchev–Trinajstić information content (AvgIpc) is 1.34. The van der Waals surface area contributed by atoms with Gasteiger partial charge in [0.1, 0.15) is 45.6 Å². The van der Waals surface area contributed by atoms with Crippen LogP contribution in [0.3, 0.4) is 0 Å². The Morgan fingerprint density at radius 1 is 0.628 bits per heavy atom. The first-order chi connectivity index (χ1) is 40.6. The molecule has 1 N–H and O–H groups in total. The second-order valence-electron chi connectivity index (χ2n) is 23.8. The van der Waals surface area contributed by atoms with Crippen molar-refractivity contribution in [2.45, 2.75) is 128 Å². The topological polar surface area (TPSA) is 221 Å². The molecule has 86 heavy (non-hydrogen) atoms. The van der Waals surface area contributed by atoms with E-state index in [1.807, 2.05) is 36.5 Å². The van der Waals surface area contributed by atoms with Crippen LogP contribution >= 0.6 is 45.2 Å². The van der Waals surface area contributed by atoms with Crippen LogP contribution in [0.1, 0.15) is 99.4 Å². The zero-order valence-electron chi connectivity index (χ0n) is 50.7. The highest BCUT2D eigenvalue weighted by Crippen LogP contribution is 2.52. The van der Waals surface area contributed by atoms with Gasteiger partial charge in [-0.25, -0.2) is 36.8 Å². The average molecular weight is 1470 g/mol. The number of aromatic nitrogens is 6. The number of benzene rings is 2. The van der Waals surface area contributed by atoms with E-state index in [-0.39, 0.29) is 19.5 Å². The summed E-state index contributed by atoms with van der Waals surface area (Å²) in [6.45, 7) is 21.9. The molecule has 10 heterocycles. The molecule has 472 valence electrons. The van der Waals surface area contributed by atoms with Crippen LogP contribution in [-0.4, -0.2) is 174 Å². The van der Waals surface area contributed by atoms with E-state index in [1.165, 1.54) is 18.9 Å². The highest BCUT2D eigenvalue weighted by atomic mass is 127. The minimum atomic E-state index is -3.61. The lowest BCUT2D eigenvalue weighted by Crippen LogP contribution is -2.52. The standard InChI is InChI=1S/C33H48N4O6SSi.C24H28N4O6S.C3H6I2.CH4/c1-21(2)45(22(3)4,23(5)6)37-14-11-25-26(9-10-27(40-7)28(25)37)31-34-30(33(44(8,38)39)12-16-41-17-13-33)29-32(35-31)36-15-18-42-19-24(36)20-43-29;1-31-18-4-3-17(16-5-8-25-19(16)18)22-26-21(24(35(2,29)30)6-10-32-11-7-24)20-23(27-22)28-9-12-33-13-15(28)14-34-20;1-2-3(4)5;/h9-11,14,21-24H,12-13,15-20H2,1-8H3;3-5,8,15,25H,6-7,9-14H2,1-2H3;3H,2H2,1H3;1H4. The van der Waals surface area contributed by atoms with E-state index in [4.69, 9.17) is 57.8 Å². The highest BCUT2D eigenvalue weighted by Gasteiger charge is 2.52. The molecule has 0 bridgehead atoms. The van der Waals surface area contributed by atoms with Crippen LogP contribution in [0.2, 0.25) is 16.6 Å². The minimum Gasteiger partial charge on any atom is -0.495 e. The lowest BCUT2D eigenvalue weighted by molar-refractivity contribution is 0.0638. The van der Waals surface area contributed by atoms with E-state index >= 15 is 0 Å². The lowest BCUT2D eigenvalue weighted by atomic mass is 9.93. The Balaban J connectivity index is 0.000000193. The Kier molecular flexibility index (Phi) is 20.6. The van der Waals surface area contributed by atoms with E-state index in [9.17, 15) is 16.8 Å². The van der Waals surface area contributed by atoms with Crippen LogP contribution < -0.4 is 28.7 Å². The first-order valence-corrected chi connectivity index (χ1v) is 38.0. The van der Waals surface area contributed by atoms with Crippen LogP contribution in [0, 0.1) is 0 Å². The summed E-state index contributed by atoms with van der Waals surface area (Å²) in [4.78, 5) is 27.9. The first kappa shape index (κ1) is 66.3. The number of alkyl halides is 2. The van der Waals surface area contributed by atoms with Crippen molar-refractivity contribution in [3.63, 3.8) is 0 Å². The smallest absolute Gasteiger partial charge is 0.185 e. The summed E-state index contributed by atoms with van der Waals surface area (Å²) in [5, 5.41) is 1.89. The third-order valence-electron chi connectivity index (χ3n) is 18.3. The zero-order chi connectivity index (χ0) is 60.8. The van der Waals surface area contributed by atoms with E-state index in [2.05, 4.69) is 125 Å². The summed E-state index contributed by atoms with van der Waals surface area (Å²) in [7, 11) is -5.98. The fourth-order valence-corrected chi connectivity index (χ4v) is 23.5. The van der Waals surface area contributed by atoms with Crippen molar-refractivity contribution in [2.24, 2.45) is 0 Å². The number of aromatic amines is 1. The predicted molar refractivity (Wildman–Crippen MR) is 359 cm³/mol. The molecule has 12 rings (SSSR count). The van der Waals surface area contributed by atoms with E-state index < -0.39 is 37.4 Å². The molecule has 6 aliphatic heterocycles. The quantitative estimate of drug-likeness (QED) is 0.0645. The van der Waals surface area contributed by atoms with Crippen molar-refractivity contribution in [2.75, 3.05) is 116 Å². The minimum absolute atomic E-state index is 0. The molecule has 20 nitrogen and oxygen atoms in total. The van der Waals surface area contributed by atoms with Crippen molar-refractivity contribution < 1.29 is 54.7 Å². The molecular formula is C61H86I2N8O12S2Si. The molecule has 0 saturated carbocycles. The SMILES string of the molecule is C.CCC(I)I.COc1ccc(-c2nc3c(c(C4(S(C)(=O)=O)CCOCC4)n2)OCC2COCCN32)c2cc[nH]c12.COc1ccc(-c2nc3c(c(C4(S(C)(=O)=O)CCOCC4)n2)OCC2COCCN32)c2ccn([Si](C(C)C)(C(C)C)C(C)C)c12. The van der Waals surface area contributed by atoms with Crippen molar-refractivity contribution >= 4 is 107 Å². The van der Waals surface area contributed by atoms with Gasteiger partial charge in [-0.1, -0.05) is 101 Å². The molecule has 0 radical (unpaired) electrons. The molecule has 2 atom stereocenters. The number of morpholine rings is 2. The summed E-state index contributed by atoms with van der Waals surface area (Å²) < 4.78 is 102. The number of anilines is 2. The molecule has 2 unspecified atom stereocenters. The van der Waals surface area contributed by atoms with Crippen molar-refractivity contribution in [3.8, 4) is 45.8 Å². The zero-order valence-corrected chi connectivity index (χ0v) is 57.7. The highest BCUT2D eigenvalue weighted by molar-refractivity contribution is 14.2. The van der Waals surface area contributed by atoms with Crippen LogP contribution in [0.5, 0.6) is 23.0 Å². The number of nitrogens with zero attached hydrogens (tertiary/aromatic N) is 7. The maximum Gasteiger partial charge on any atom is 0.185 e. The van der Waals surface area contributed by atoms with Crippen LogP contribution in [0.25, 0.3) is 44.6 Å². The maximum atomic E-state index is 13.7. The molecule has 4 fully saturated rings. The van der Waals surface area contributed by atoms with E-state index in [0.717, 1.165) is 40.6 Å². The van der Waals surface area contributed by atoms with Gasteiger partial charge in [-0.2, -0.15) is 0 Å². The number of hydrogen-bond acceptors (Lipinski definition) is 18. The molecule has 25 heteroatoms. The fourth-order valence-electron chi connectivity index (χ4n) is 14.1. The van der Waals surface area contributed by atoms with Crippen LogP contribution in [-0.2, 0) is 48.1 Å². The largest absolute Gasteiger partial charge is 0.495 e. The maximum absolute atomic E-state index is 13.7. The summed E-state index contributed by atoms with van der Waals surface area (Å²) in [6.07, 6.45) is 9.19. The second kappa shape index (κ2) is 26.8. The molecule has 0 spiro atoms. The van der Waals surface area contributed by atoms with Crippen LogP contribution in [0.15, 0.2) is 48.8 Å². The molecule has 4 aromatic heterocycles. The molecule has 2 aromatic carbocycles. The predicted octanol–water partition coefficient (Wildman–Crippen LogP) is 11.3. The summed E-state index contributed by atoms with van der Waals surface area (Å²) >= 11 is 4.79. The summed E-state index contributed by atoms with van der Waals surface area (Å²) in [5.41, 5.74) is 5.81. The second-order valence-corrected chi connectivity index (χ2v) is 39.6. The van der Waals surface area contributed by atoms with E-state index in [1.54, 1.807) is 14.2 Å². The number of rotatable bonds is 13. The van der Waals surface area contributed by atoms with Gasteiger partial charge in [-0.3, -0.25) is 0 Å². The van der Waals surface area contributed by atoms with Gasteiger partial charge in [-0.15, -0.1) is 0 Å². The molecule has 6 aliphatic rings. The normalized spacial score (nSPS) is 20.1. The Hall–Kier alpha value is -4.10. The molecular weight excluding hydrogens is 1380 g/mol. The van der Waals surface area contributed by atoms with Gasteiger partial charge in [0.2, 0.25) is 0 Å². The van der Waals surface area contributed by atoms with Gasteiger partial charge in [0.15, 0.2) is 62.7 Å². The number of H-pyrrole nitrogens is 1. The van der Waals surface area contributed by atoms with Crippen molar-refractivity contribution in [3.05, 3.63) is 60.2 Å².